The third kappa shape index (κ3) is 3.03. The van der Waals surface area contributed by atoms with Crippen LogP contribution in [0.4, 0.5) is 0 Å². The first-order valence-corrected chi connectivity index (χ1v) is 6.93. The standard InChI is InChI=1S/C19H18/c1-3-8-16(9-4-1)14-18-12-7-13-19(18)15-17-10-5-2-6-11-17/h1-6,8-11,14-15H,7,12-13H2/b18-14+,19-15+. The summed E-state index contributed by atoms with van der Waals surface area (Å²) in [5.41, 5.74) is 5.60. The largest absolute Gasteiger partial charge is 0.0622 e. The van der Waals surface area contributed by atoms with E-state index < -0.39 is 0 Å². The molecule has 0 heterocycles. The smallest absolute Gasteiger partial charge is 0.0254 e. The molecule has 0 bridgehead atoms. The summed E-state index contributed by atoms with van der Waals surface area (Å²) in [6.07, 6.45) is 8.35. The number of rotatable bonds is 2. The molecule has 1 aliphatic carbocycles. The zero-order chi connectivity index (χ0) is 12.9. The van der Waals surface area contributed by atoms with Crippen molar-refractivity contribution in [3.63, 3.8) is 0 Å². The molecule has 0 heteroatoms. The van der Waals surface area contributed by atoms with E-state index in [4.69, 9.17) is 0 Å². The first-order valence-electron chi connectivity index (χ1n) is 6.93. The van der Waals surface area contributed by atoms with Crippen LogP contribution in [0.1, 0.15) is 30.4 Å². The predicted molar refractivity (Wildman–Crippen MR) is 82.7 cm³/mol. The van der Waals surface area contributed by atoms with Gasteiger partial charge in [0.1, 0.15) is 0 Å². The Balaban J connectivity index is 1.90. The highest BCUT2D eigenvalue weighted by atomic mass is 14.2. The second-order valence-corrected chi connectivity index (χ2v) is 5.01. The molecule has 94 valence electrons. The Kier molecular flexibility index (Phi) is 3.60. The molecular formula is C19H18. The minimum absolute atomic E-state index is 1.20. The van der Waals surface area contributed by atoms with Crippen molar-refractivity contribution in [1.29, 1.82) is 0 Å². The average Bonchev–Trinajstić information content (AvgIpc) is 2.88. The van der Waals surface area contributed by atoms with Crippen LogP contribution in [0.5, 0.6) is 0 Å². The number of benzene rings is 2. The third-order valence-electron chi connectivity index (χ3n) is 3.59. The van der Waals surface area contributed by atoms with Gasteiger partial charge in [-0.25, -0.2) is 0 Å². The van der Waals surface area contributed by atoms with Gasteiger partial charge in [0.05, 0.1) is 0 Å². The lowest BCUT2D eigenvalue weighted by Crippen LogP contribution is -1.81. The molecule has 0 radical (unpaired) electrons. The molecule has 1 saturated carbocycles. The molecule has 1 fully saturated rings. The van der Waals surface area contributed by atoms with Gasteiger partial charge in [-0.3, -0.25) is 0 Å². The summed E-state index contributed by atoms with van der Waals surface area (Å²) in [7, 11) is 0. The summed E-state index contributed by atoms with van der Waals surface area (Å²) in [4.78, 5) is 0. The third-order valence-corrected chi connectivity index (χ3v) is 3.59. The lowest BCUT2D eigenvalue weighted by Gasteiger charge is -2.02. The van der Waals surface area contributed by atoms with Crippen LogP contribution in [-0.2, 0) is 0 Å². The molecule has 1 aliphatic rings. The van der Waals surface area contributed by atoms with E-state index in [0.29, 0.717) is 0 Å². The Bertz CT molecular complexity index is 533. The van der Waals surface area contributed by atoms with Crippen LogP contribution in [0.3, 0.4) is 0 Å². The zero-order valence-electron chi connectivity index (χ0n) is 11.0. The molecule has 19 heavy (non-hydrogen) atoms. The van der Waals surface area contributed by atoms with Gasteiger partial charge in [-0.05, 0) is 41.5 Å². The molecular weight excluding hydrogens is 228 g/mol. The molecule has 0 N–H and O–H groups in total. The highest BCUT2D eigenvalue weighted by molar-refractivity contribution is 5.67. The van der Waals surface area contributed by atoms with Gasteiger partial charge in [0.15, 0.2) is 0 Å². The minimum Gasteiger partial charge on any atom is -0.0622 e. The van der Waals surface area contributed by atoms with E-state index in [2.05, 4.69) is 72.8 Å². The second kappa shape index (κ2) is 5.71. The Hall–Kier alpha value is -2.08. The van der Waals surface area contributed by atoms with Crippen molar-refractivity contribution in [3.8, 4) is 0 Å². The van der Waals surface area contributed by atoms with Crippen LogP contribution >= 0.6 is 0 Å². The summed E-state index contributed by atoms with van der Waals surface area (Å²) in [5.74, 6) is 0. The van der Waals surface area contributed by atoms with E-state index in [-0.39, 0.29) is 0 Å². The fourth-order valence-electron chi connectivity index (χ4n) is 2.62. The average molecular weight is 246 g/mol. The first kappa shape index (κ1) is 12.0. The van der Waals surface area contributed by atoms with Gasteiger partial charge in [0, 0.05) is 0 Å². The molecule has 3 rings (SSSR count). The topological polar surface area (TPSA) is 0 Å². The van der Waals surface area contributed by atoms with Crippen molar-refractivity contribution in [1.82, 2.24) is 0 Å². The molecule has 0 spiro atoms. The van der Waals surface area contributed by atoms with Crippen LogP contribution in [0.15, 0.2) is 71.8 Å². The maximum absolute atomic E-state index is 2.34. The van der Waals surface area contributed by atoms with E-state index in [1.807, 2.05) is 0 Å². The molecule has 0 saturated heterocycles. The first-order chi connectivity index (χ1) is 9.42. The van der Waals surface area contributed by atoms with Crippen molar-refractivity contribution in [3.05, 3.63) is 82.9 Å². The number of hydrogen-bond donors (Lipinski definition) is 0. The summed E-state index contributed by atoms with van der Waals surface area (Å²) >= 11 is 0. The van der Waals surface area contributed by atoms with E-state index >= 15 is 0 Å². The second-order valence-electron chi connectivity index (χ2n) is 5.01. The molecule has 0 amide bonds. The lowest BCUT2D eigenvalue weighted by molar-refractivity contribution is 0.935. The van der Waals surface area contributed by atoms with E-state index in [0.717, 1.165) is 0 Å². The summed E-state index contributed by atoms with van der Waals surface area (Å²) in [6, 6.07) is 21.2. The zero-order valence-corrected chi connectivity index (χ0v) is 11.0. The van der Waals surface area contributed by atoms with Crippen LogP contribution in [0, 0.1) is 0 Å². The Morgan fingerprint density at radius 2 is 1.00 bits per heavy atom. The Labute approximate surface area is 115 Å². The van der Waals surface area contributed by atoms with Gasteiger partial charge in [-0.2, -0.15) is 0 Å². The summed E-state index contributed by atoms with van der Waals surface area (Å²) < 4.78 is 0. The van der Waals surface area contributed by atoms with Crippen molar-refractivity contribution < 1.29 is 0 Å². The molecule has 2 aromatic rings. The van der Waals surface area contributed by atoms with Gasteiger partial charge in [-0.15, -0.1) is 0 Å². The van der Waals surface area contributed by atoms with Gasteiger partial charge in [-0.1, -0.05) is 72.8 Å². The predicted octanol–water partition coefficient (Wildman–Crippen LogP) is 5.34. The highest BCUT2D eigenvalue weighted by Crippen LogP contribution is 2.33. The van der Waals surface area contributed by atoms with Crippen molar-refractivity contribution in [2.45, 2.75) is 19.3 Å². The van der Waals surface area contributed by atoms with Gasteiger partial charge in [0.2, 0.25) is 0 Å². The van der Waals surface area contributed by atoms with Crippen molar-refractivity contribution >= 4 is 12.2 Å². The van der Waals surface area contributed by atoms with Gasteiger partial charge in [0.25, 0.3) is 0 Å². The fraction of sp³-hybridized carbons (Fsp3) is 0.158. The van der Waals surface area contributed by atoms with E-state index in [1.54, 1.807) is 0 Å². The summed E-state index contributed by atoms with van der Waals surface area (Å²) in [6.45, 7) is 0. The van der Waals surface area contributed by atoms with Crippen LogP contribution in [0.2, 0.25) is 0 Å². The molecule has 2 aromatic carbocycles. The molecule has 0 nitrogen and oxygen atoms in total. The highest BCUT2D eigenvalue weighted by Gasteiger charge is 2.13. The normalized spacial score (nSPS) is 19.2. The minimum atomic E-state index is 1.20. The van der Waals surface area contributed by atoms with Crippen LogP contribution < -0.4 is 0 Å². The van der Waals surface area contributed by atoms with E-state index in [9.17, 15) is 0 Å². The molecule has 0 aliphatic heterocycles. The molecule has 0 unspecified atom stereocenters. The summed E-state index contributed by atoms with van der Waals surface area (Å²) in [5, 5.41) is 0. The number of allylic oxidation sites excluding steroid dienone is 2. The van der Waals surface area contributed by atoms with Crippen molar-refractivity contribution in [2.24, 2.45) is 0 Å². The monoisotopic (exact) mass is 246 g/mol. The van der Waals surface area contributed by atoms with Gasteiger partial charge >= 0.3 is 0 Å². The lowest BCUT2D eigenvalue weighted by atomic mass is 10.0. The van der Waals surface area contributed by atoms with Gasteiger partial charge < -0.3 is 0 Å². The van der Waals surface area contributed by atoms with Crippen LogP contribution in [0.25, 0.3) is 12.2 Å². The van der Waals surface area contributed by atoms with Crippen molar-refractivity contribution in [2.75, 3.05) is 0 Å². The quantitative estimate of drug-likeness (QED) is 0.671. The van der Waals surface area contributed by atoms with E-state index in [1.165, 1.54) is 41.5 Å². The fourth-order valence-corrected chi connectivity index (χ4v) is 2.62. The SMILES string of the molecule is C(=C1/CCC/C1=C\c1ccccc1)/c1ccccc1. The maximum atomic E-state index is 2.34. The molecule has 0 aromatic heterocycles. The number of hydrogen-bond acceptors (Lipinski definition) is 0. The molecule has 0 atom stereocenters. The van der Waals surface area contributed by atoms with Crippen LogP contribution in [-0.4, -0.2) is 0 Å². The Morgan fingerprint density at radius 3 is 1.42 bits per heavy atom. The maximum Gasteiger partial charge on any atom is -0.0254 e. The Morgan fingerprint density at radius 1 is 0.579 bits per heavy atom.